The van der Waals surface area contributed by atoms with Crippen molar-refractivity contribution in [3.05, 3.63) is 23.4 Å². The second kappa shape index (κ2) is 4.80. The van der Waals surface area contributed by atoms with Gasteiger partial charge < -0.3 is 15.4 Å². The minimum absolute atomic E-state index is 0.392. The molecule has 2 heterocycles. The van der Waals surface area contributed by atoms with Gasteiger partial charge in [-0.1, -0.05) is 0 Å². The third kappa shape index (κ3) is 2.18. The summed E-state index contributed by atoms with van der Waals surface area (Å²) in [5.41, 5.74) is 7.88. The summed E-state index contributed by atoms with van der Waals surface area (Å²) < 4.78 is 5.43. The van der Waals surface area contributed by atoms with Crippen molar-refractivity contribution >= 4 is 5.82 Å². The Morgan fingerprint density at radius 1 is 1.62 bits per heavy atom. The van der Waals surface area contributed by atoms with Gasteiger partial charge in [-0.15, -0.1) is 0 Å². The summed E-state index contributed by atoms with van der Waals surface area (Å²) in [6, 6.07) is 2.51. The highest BCUT2D eigenvalue weighted by Gasteiger charge is 2.21. The number of aryl methyl sites for hydroxylation is 1. The van der Waals surface area contributed by atoms with E-state index in [2.05, 4.69) is 29.8 Å². The smallest absolute Gasteiger partial charge is 0.131 e. The molecule has 88 valence electrons. The molecule has 2 N–H and O–H groups in total. The molecular weight excluding hydrogens is 202 g/mol. The number of hydrogen-bond donors (Lipinski definition) is 1. The van der Waals surface area contributed by atoms with Crippen LogP contribution in [0.15, 0.2) is 12.3 Å². The molecule has 2 rings (SSSR count). The Morgan fingerprint density at radius 3 is 3.06 bits per heavy atom. The molecule has 1 fully saturated rings. The molecule has 1 saturated heterocycles. The van der Waals surface area contributed by atoms with Gasteiger partial charge in [-0.05, 0) is 31.0 Å². The fourth-order valence-electron chi connectivity index (χ4n) is 2.08. The monoisotopic (exact) mass is 221 g/mol. The second-order valence-corrected chi connectivity index (χ2v) is 4.31. The van der Waals surface area contributed by atoms with E-state index in [1.165, 1.54) is 5.56 Å². The summed E-state index contributed by atoms with van der Waals surface area (Å²) in [6.45, 7) is 7.27. The van der Waals surface area contributed by atoms with Crippen LogP contribution in [0.25, 0.3) is 0 Å². The van der Waals surface area contributed by atoms with E-state index in [1.54, 1.807) is 0 Å². The first-order valence-electron chi connectivity index (χ1n) is 5.72. The molecule has 0 spiro atoms. The molecule has 1 aliphatic heterocycles. The van der Waals surface area contributed by atoms with Crippen molar-refractivity contribution in [2.24, 2.45) is 5.73 Å². The summed E-state index contributed by atoms with van der Waals surface area (Å²) in [7, 11) is 0. The molecule has 0 aliphatic carbocycles. The van der Waals surface area contributed by atoms with Crippen LogP contribution in [0.5, 0.6) is 0 Å². The molecule has 1 unspecified atom stereocenters. The van der Waals surface area contributed by atoms with E-state index in [1.807, 2.05) is 6.20 Å². The number of aromatic nitrogens is 1. The number of rotatable bonds is 2. The fourth-order valence-corrected chi connectivity index (χ4v) is 2.08. The quantitative estimate of drug-likeness (QED) is 0.811. The van der Waals surface area contributed by atoms with Gasteiger partial charge in [0.15, 0.2) is 0 Å². The minimum atomic E-state index is 0.392. The predicted molar refractivity (Wildman–Crippen MR) is 64.5 cm³/mol. The molecule has 1 aromatic rings. The van der Waals surface area contributed by atoms with Crippen molar-refractivity contribution < 1.29 is 4.74 Å². The van der Waals surface area contributed by atoms with E-state index in [0.29, 0.717) is 12.6 Å². The number of hydrogen-bond acceptors (Lipinski definition) is 4. The van der Waals surface area contributed by atoms with Gasteiger partial charge in [0.2, 0.25) is 0 Å². The van der Waals surface area contributed by atoms with Crippen LogP contribution in [0.1, 0.15) is 18.1 Å². The molecule has 1 atom stereocenters. The van der Waals surface area contributed by atoms with E-state index in [-0.39, 0.29) is 0 Å². The third-order valence-electron chi connectivity index (χ3n) is 2.98. The molecule has 1 aliphatic rings. The van der Waals surface area contributed by atoms with E-state index >= 15 is 0 Å². The van der Waals surface area contributed by atoms with Gasteiger partial charge in [0.05, 0.1) is 19.3 Å². The fraction of sp³-hybridized carbons (Fsp3) is 0.583. The van der Waals surface area contributed by atoms with Crippen molar-refractivity contribution in [3.8, 4) is 0 Å². The average molecular weight is 221 g/mol. The number of pyridine rings is 1. The zero-order chi connectivity index (χ0) is 11.5. The average Bonchev–Trinajstić information content (AvgIpc) is 2.30. The van der Waals surface area contributed by atoms with Gasteiger partial charge in [0, 0.05) is 19.3 Å². The van der Waals surface area contributed by atoms with Gasteiger partial charge in [0.1, 0.15) is 5.82 Å². The lowest BCUT2D eigenvalue weighted by Crippen LogP contribution is -2.44. The van der Waals surface area contributed by atoms with Gasteiger partial charge in [-0.2, -0.15) is 0 Å². The van der Waals surface area contributed by atoms with Crippen LogP contribution in [0.2, 0.25) is 0 Å². The largest absolute Gasteiger partial charge is 0.377 e. The van der Waals surface area contributed by atoms with Crippen LogP contribution in [0.3, 0.4) is 0 Å². The first kappa shape index (κ1) is 11.4. The Balaban J connectivity index is 2.25. The maximum atomic E-state index is 5.60. The lowest BCUT2D eigenvalue weighted by molar-refractivity contribution is 0.0985. The van der Waals surface area contributed by atoms with Crippen LogP contribution in [-0.2, 0) is 11.3 Å². The maximum Gasteiger partial charge on any atom is 0.131 e. The standard InChI is InChI=1S/C12H19N3O/c1-9-5-11(6-13)7-14-12(9)15-3-4-16-8-10(15)2/h5,7,10H,3-4,6,8,13H2,1-2H3. The Bertz CT molecular complexity index is 367. The molecule has 4 nitrogen and oxygen atoms in total. The molecule has 0 aromatic carbocycles. The highest BCUT2D eigenvalue weighted by Crippen LogP contribution is 2.21. The van der Waals surface area contributed by atoms with E-state index in [0.717, 1.165) is 31.1 Å². The van der Waals surface area contributed by atoms with Gasteiger partial charge in [-0.3, -0.25) is 0 Å². The normalized spacial score (nSPS) is 21.2. The van der Waals surface area contributed by atoms with Crippen molar-refractivity contribution in [2.45, 2.75) is 26.4 Å². The number of morpholine rings is 1. The van der Waals surface area contributed by atoms with Crippen LogP contribution < -0.4 is 10.6 Å². The van der Waals surface area contributed by atoms with E-state index < -0.39 is 0 Å². The molecule has 0 amide bonds. The highest BCUT2D eigenvalue weighted by atomic mass is 16.5. The van der Waals surface area contributed by atoms with Crippen molar-refractivity contribution in [1.82, 2.24) is 4.98 Å². The Morgan fingerprint density at radius 2 is 2.44 bits per heavy atom. The molecule has 0 saturated carbocycles. The Hall–Kier alpha value is -1.13. The number of anilines is 1. The lowest BCUT2D eigenvalue weighted by Gasteiger charge is -2.35. The number of ether oxygens (including phenoxy) is 1. The first-order chi connectivity index (χ1) is 7.72. The lowest BCUT2D eigenvalue weighted by atomic mass is 10.1. The summed E-state index contributed by atoms with van der Waals surface area (Å²) in [4.78, 5) is 6.82. The molecule has 1 aromatic heterocycles. The first-order valence-corrected chi connectivity index (χ1v) is 5.72. The molecule has 0 bridgehead atoms. The zero-order valence-corrected chi connectivity index (χ0v) is 9.94. The number of nitrogens with zero attached hydrogens (tertiary/aromatic N) is 2. The van der Waals surface area contributed by atoms with Crippen molar-refractivity contribution in [2.75, 3.05) is 24.7 Å². The Kier molecular flexibility index (Phi) is 3.41. The molecular formula is C12H19N3O. The van der Waals surface area contributed by atoms with Crippen LogP contribution >= 0.6 is 0 Å². The summed E-state index contributed by atoms with van der Waals surface area (Å²) in [5, 5.41) is 0. The second-order valence-electron chi connectivity index (χ2n) is 4.31. The summed E-state index contributed by atoms with van der Waals surface area (Å²) in [5.74, 6) is 1.06. The van der Waals surface area contributed by atoms with Gasteiger partial charge in [0.25, 0.3) is 0 Å². The predicted octanol–water partition coefficient (Wildman–Crippen LogP) is 1.07. The van der Waals surface area contributed by atoms with E-state index in [4.69, 9.17) is 10.5 Å². The van der Waals surface area contributed by atoms with Crippen LogP contribution in [0, 0.1) is 6.92 Å². The van der Waals surface area contributed by atoms with Crippen molar-refractivity contribution in [1.29, 1.82) is 0 Å². The minimum Gasteiger partial charge on any atom is -0.377 e. The Labute approximate surface area is 96.4 Å². The van der Waals surface area contributed by atoms with Crippen molar-refractivity contribution in [3.63, 3.8) is 0 Å². The van der Waals surface area contributed by atoms with Crippen LogP contribution in [0.4, 0.5) is 5.82 Å². The SMILES string of the molecule is Cc1cc(CN)cnc1N1CCOCC1C. The van der Waals surface area contributed by atoms with Gasteiger partial charge >= 0.3 is 0 Å². The maximum absolute atomic E-state index is 5.60. The summed E-state index contributed by atoms with van der Waals surface area (Å²) in [6.07, 6.45) is 1.87. The highest BCUT2D eigenvalue weighted by molar-refractivity contribution is 5.48. The molecule has 0 radical (unpaired) electrons. The third-order valence-corrected chi connectivity index (χ3v) is 2.98. The zero-order valence-electron chi connectivity index (χ0n) is 9.94. The molecule has 16 heavy (non-hydrogen) atoms. The molecule has 4 heteroatoms. The van der Waals surface area contributed by atoms with Gasteiger partial charge in [-0.25, -0.2) is 4.98 Å². The van der Waals surface area contributed by atoms with E-state index in [9.17, 15) is 0 Å². The topological polar surface area (TPSA) is 51.4 Å². The van der Waals surface area contributed by atoms with Crippen LogP contribution in [-0.4, -0.2) is 30.8 Å². The number of nitrogens with two attached hydrogens (primary N) is 1. The summed E-state index contributed by atoms with van der Waals surface area (Å²) >= 11 is 0.